The number of thioether (sulfide) groups is 1. The van der Waals surface area contributed by atoms with E-state index in [1.54, 1.807) is 0 Å². The summed E-state index contributed by atoms with van der Waals surface area (Å²) in [7, 11) is 0. The van der Waals surface area contributed by atoms with Gasteiger partial charge in [0.25, 0.3) is 0 Å². The molecule has 1 saturated heterocycles. The molecule has 0 amide bonds. The van der Waals surface area contributed by atoms with E-state index in [4.69, 9.17) is 10.6 Å². The van der Waals surface area contributed by atoms with E-state index in [1.807, 2.05) is 11.8 Å². The third kappa shape index (κ3) is 4.22. The minimum Gasteiger partial charge on any atom is -0.369 e. The second kappa shape index (κ2) is 6.29. The van der Waals surface area contributed by atoms with Gasteiger partial charge in [0.15, 0.2) is 0 Å². The summed E-state index contributed by atoms with van der Waals surface area (Å²) < 4.78 is 6.20. The van der Waals surface area contributed by atoms with Gasteiger partial charge < -0.3 is 4.74 Å². The van der Waals surface area contributed by atoms with Crippen molar-refractivity contribution in [2.24, 2.45) is 11.8 Å². The Morgan fingerprint density at radius 3 is 2.62 bits per heavy atom. The first-order chi connectivity index (χ1) is 9.73. The Bertz CT molecular complexity index is 487. The van der Waals surface area contributed by atoms with Gasteiger partial charge in [-0.3, -0.25) is 11.3 Å². The molecule has 1 aliphatic rings. The SMILES string of the molecule is Cc1cccc(SCC(NN)C2CC(C)(C)OC2(C)C)c1. The molecule has 21 heavy (non-hydrogen) atoms. The first-order valence-corrected chi connectivity index (χ1v) is 8.58. The lowest BCUT2D eigenvalue weighted by Gasteiger charge is -2.32. The van der Waals surface area contributed by atoms with Gasteiger partial charge in [-0.05, 0) is 53.2 Å². The maximum atomic E-state index is 6.20. The minimum absolute atomic E-state index is 0.0722. The van der Waals surface area contributed by atoms with Gasteiger partial charge in [0.2, 0.25) is 0 Å². The number of rotatable bonds is 5. The van der Waals surface area contributed by atoms with Crippen LogP contribution in [0.15, 0.2) is 29.2 Å². The van der Waals surface area contributed by atoms with E-state index in [9.17, 15) is 0 Å². The second-order valence-corrected chi connectivity index (χ2v) is 8.27. The molecule has 1 aliphatic heterocycles. The van der Waals surface area contributed by atoms with Crippen molar-refractivity contribution in [2.75, 3.05) is 5.75 Å². The zero-order chi connectivity index (χ0) is 15.7. The highest BCUT2D eigenvalue weighted by atomic mass is 32.2. The zero-order valence-corrected chi connectivity index (χ0v) is 14.6. The zero-order valence-electron chi connectivity index (χ0n) is 13.8. The van der Waals surface area contributed by atoms with E-state index in [0.29, 0.717) is 5.92 Å². The predicted molar refractivity (Wildman–Crippen MR) is 90.4 cm³/mol. The standard InChI is InChI=1S/C17H28N2OS/c1-12-7-6-8-13(9-12)21-11-15(19-18)14-10-16(2,3)20-17(14,4)5/h6-9,14-15,19H,10-11,18H2,1-5H3. The molecule has 2 rings (SSSR count). The second-order valence-electron chi connectivity index (χ2n) is 7.18. The number of aryl methyl sites for hydroxylation is 1. The van der Waals surface area contributed by atoms with Gasteiger partial charge in [-0.25, -0.2) is 0 Å². The van der Waals surface area contributed by atoms with Crippen LogP contribution in [0.2, 0.25) is 0 Å². The predicted octanol–water partition coefficient (Wildman–Crippen LogP) is 3.51. The van der Waals surface area contributed by atoms with E-state index in [-0.39, 0.29) is 17.2 Å². The highest BCUT2D eigenvalue weighted by molar-refractivity contribution is 7.99. The molecule has 1 aromatic rings. The molecule has 0 saturated carbocycles. The van der Waals surface area contributed by atoms with Crippen molar-refractivity contribution in [3.8, 4) is 0 Å². The molecular formula is C17H28N2OS. The lowest BCUT2D eigenvalue weighted by atomic mass is 9.82. The van der Waals surface area contributed by atoms with Crippen molar-refractivity contribution in [1.82, 2.24) is 5.43 Å². The molecule has 3 nitrogen and oxygen atoms in total. The van der Waals surface area contributed by atoms with Crippen molar-refractivity contribution in [2.45, 2.75) is 63.2 Å². The molecule has 118 valence electrons. The molecule has 4 heteroatoms. The van der Waals surface area contributed by atoms with Crippen LogP contribution in [0.4, 0.5) is 0 Å². The summed E-state index contributed by atoms with van der Waals surface area (Å²) in [6, 6.07) is 8.85. The van der Waals surface area contributed by atoms with Crippen molar-refractivity contribution >= 4 is 11.8 Å². The Hall–Kier alpha value is -0.550. The molecule has 0 spiro atoms. The van der Waals surface area contributed by atoms with E-state index in [2.05, 4.69) is 64.3 Å². The number of benzene rings is 1. The van der Waals surface area contributed by atoms with Gasteiger partial charge in [0.1, 0.15) is 0 Å². The van der Waals surface area contributed by atoms with E-state index in [1.165, 1.54) is 10.5 Å². The molecule has 0 radical (unpaired) electrons. The van der Waals surface area contributed by atoms with Crippen LogP contribution in [-0.2, 0) is 4.74 Å². The molecule has 2 atom stereocenters. The van der Waals surface area contributed by atoms with Crippen LogP contribution in [0.25, 0.3) is 0 Å². The number of nitrogens with two attached hydrogens (primary N) is 1. The fourth-order valence-electron chi connectivity index (χ4n) is 3.40. The number of hydrazine groups is 1. The van der Waals surface area contributed by atoms with Gasteiger partial charge in [0.05, 0.1) is 11.2 Å². The van der Waals surface area contributed by atoms with Crippen molar-refractivity contribution < 1.29 is 4.74 Å². The molecule has 1 heterocycles. The Morgan fingerprint density at radius 2 is 2.10 bits per heavy atom. The number of nitrogens with one attached hydrogen (secondary N) is 1. The maximum Gasteiger partial charge on any atom is 0.0678 e. The van der Waals surface area contributed by atoms with Crippen LogP contribution in [0.5, 0.6) is 0 Å². The van der Waals surface area contributed by atoms with Crippen LogP contribution in [0.1, 0.15) is 39.7 Å². The van der Waals surface area contributed by atoms with Crippen molar-refractivity contribution in [1.29, 1.82) is 0 Å². The topological polar surface area (TPSA) is 47.3 Å². The smallest absolute Gasteiger partial charge is 0.0678 e. The lowest BCUT2D eigenvalue weighted by Crippen LogP contribution is -2.48. The summed E-state index contributed by atoms with van der Waals surface area (Å²) in [5.74, 6) is 7.20. The summed E-state index contributed by atoms with van der Waals surface area (Å²) in [5, 5.41) is 0. The summed E-state index contributed by atoms with van der Waals surface area (Å²) in [6.45, 7) is 10.8. The first-order valence-electron chi connectivity index (χ1n) is 7.59. The first kappa shape index (κ1) is 16.8. The van der Waals surface area contributed by atoms with Crippen LogP contribution < -0.4 is 11.3 Å². The Kier molecular flexibility index (Phi) is 5.03. The summed E-state index contributed by atoms with van der Waals surface area (Å²) in [5.41, 5.74) is 4.10. The van der Waals surface area contributed by atoms with Crippen LogP contribution in [0.3, 0.4) is 0 Å². The summed E-state index contributed by atoms with van der Waals surface area (Å²) >= 11 is 1.86. The maximum absolute atomic E-state index is 6.20. The Balaban J connectivity index is 2.03. The van der Waals surface area contributed by atoms with Crippen molar-refractivity contribution in [3.63, 3.8) is 0 Å². The van der Waals surface area contributed by atoms with Gasteiger partial charge >= 0.3 is 0 Å². The van der Waals surface area contributed by atoms with Crippen LogP contribution in [-0.4, -0.2) is 23.0 Å². The Morgan fingerprint density at radius 1 is 1.38 bits per heavy atom. The average Bonchev–Trinajstić information content (AvgIpc) is 2.58. The molecule has 0 aromatic heterocycles. The molecular weight excluding hydrogens is 280 g/mol. The number of hydrogen-bond donors (Lipinski definition) is 2. The van der Waals surface area contributed by atoms with Crippen LogP contribution >= 0.6 is 11.8 Å². The Labute approximate surface area is 133 Å². The highest BCUT2D eigenvalue weighted by Gasteiger charge is 2.48. The molecule has 2 unspecified atom stereocenters. The molecule has 0 aliphatic carbocycles. The van der Waals surface area contributed by atoms with Crippen molar-refractivity contribution in [3.05, 3.63) is 29.8 Å². The third-order valence-corrected chi connectivity index (χ3v) is 5.38. The van der Waals surface area contributed by atoms with E-state index >= 15 is 0 Å². The summed E-state index contributed by atoms with van der Waals surface area (Å²) in [6.07, 6.45) is 1.03. The fourth-order valence-corrected chi connectivity index (χ4v) is 4.55. The normalized spacial score (nSPS) is 25.0. The van der Waals surface area contributed by atoms with Gasteiger partial charge in [-0.2, -0.15) is 0 Å². The third-order valence-electron chi connectivity index (χ3n) is 4.26. The molecule has 1 fully saturated rings. The minimum atomic E-state index is -0.145. The van der Waals surface area contributed by atoms with Gasteiger partial charge in [-0.1, -0.05) is 17.7 Å². The van der Waals surface area contributed by atoms with Gasteiger partial charge in [0, 0.05) is 22.6 Å². The lowest BCUT2D eigenvalue weighted by molar-refractivity contribution is -0.0769. The number of ether oxygens (including phenoxy) is 1. The highest BCUT2D eigenvalue weighted by Crippen LogP contribution is 2.44. The van der Waals surface area contributed by atoms with Gasteiger partial charge in [-0.15, -0.1) is 11.8 Å². The largest absolute Gasteiger partial charge is 0.369 e. The average molecular weight is 308 g/mol. The van der Waals surface area contributed by atoms with E-state index in [0.717, 1.165) is 12.2 Å². The number of hydrogen-bond acceptors (Lipinski definition) is 4. The summed E-state index contributed by atoms with van der Waals surface area (Å²) in [4.78, 5) is 1.30. The molecule has 1 aromatic carbocycles. The van der Waals surface area contributed by atoms with Crippen LogP contribution in [0, 0.1) is 12.8 Å². The molecule has 3 N–H and O–H groups in total. The fraction of sp³-hybridized carbons (Fsp3) is 0.647. The quantitative estimate of drug-likeness (QED) is 0.496. The molecule has 0 bridgehead atoms. The van der Waals surface area contributed by atoms with E-state index < -0.39 is 0 Å². The monoisotopic (exact) mass is 308 g/mol.